The quantitative estimate of drug-likeness (QED) is 0.905. The summed E-state index contributed by atoms with van der Waals surface area (Å²) in [4.78, 5) is 13.8. The molecule has 1 saturated carbocycles. The van der Waals surface area contributed by atoms with Crippen LogP contribution in [0.25, 0.3) is 0 Å². The lowest BCUT2D eigenvalue weighted by molar-refractivity contribution is 0.220. The fraction of sp³-hybridized carbons (Fsp3) is 0.500. The first-order valence-electron chi connectivity index (χ1n) is 7.03. The third-order valence-corrected chi connectivity index (χ3v) is 3.67. The molecular weight excluding hydrogens is 270 g/mol. The van der Waals surface area contributed by atoms with Crippen LogP contribution in [0.5, 0.6) is 0 Å². The molecule has 0 radical (unpaired) electrons. The number of carbonyl (C=O) groups excluding carboxylic acids is 1. The van der Waals surface area contributed by atoms with E-state index < -0.39 is 0 Å². The van der Waals surface area contributed by atoms with Crippen molar-refractivity contribution in [3.05, 3.63) is 28.9 Å². The second-order valence-electron chi connectivity index (χ2n) is 5.58. The number of aromatic amines is 1. The fourth-order valence-electron chi connectivity index (χ4n) is 2.24. The average molecular weight is 289 g/mol. The van der Waals surface area contributed by atoms with Crippen molar-refractivity contribution in [2.24, 2.45) is 0 Å². The predicted molar refractivity (Wildman–Crippen MR) is 77.0 cm³/mol. The van der Waals surface area contributed by atoms with Crippen molar-refractivity contribution >= 4 is 11.7 Å². The highest BCUT2D eigenvalue weighted by atomic mass is 16.5. The van der Waals surface area contributed by atoms with E-state index in [-0.39, 0.29) is 6.03 Å². The van der Waals surface area contributed by atoms with Crippen LogP contribution in [0.2, 0.25) is 0 Å². The van der Waals surface area contributed by atoms with Gasteiger partial charge >= 0.3 is 6.03 Å². The molecule has 112 valence electrons. The second-order valence-corrected chi connectivity index (χ2v) is 5.58. The van der Waals surface area contributed by atoms with Crippen LogP contribution >= 0.6 is 0 Å². The van der Waals surface area contributed by atoms with Crippen LogP contribution in [0, 0.1) is 13.8 Å². The van der Waals surface area contributed by atoms with Gasteiger partial charge in [0.1, 0.15) is 11.4 Å². The van der Waals surface area contributed by atoms with Gasteiger partial charge in [0, 0.05) is 13.0 Å². The Morgan fingerprint density at radius 1 is 1.52 bits per heavy atom. The van der Waals surface area contributed by atoms with Gasteiger partial charge in [-0.15, -0.1) is 0 Å². The van der Waals surface area contributed by atoms with Crippen LogP contribution in [0.1, 0.15) is 41.6 Å². The van der Waals surface area contributed by atoms with Gasteiger partial charge in [0.2, 0.25) is 0 Å². The number of nitrogens with zero attached hydrogens (tertiary/aromatic N) is 3. The lowest BCUT2D eigenvalue weighted by atomic mass is 10.2. The second kappa shape index (κ2) is 5.23. The molecule has 2 aromatic rings. The minimum absolute atomic E-state index is 0.202. The van der Waals surface area contributed by atoms with Crippen molar-refractivity contribution in [3.63, 3.8) is 0 Å². The van der Waals surface area contributed by atoms with Gasteiger partial charge in [-0.25, -0.2) is 4.79 Å². The van der Waals surface area contributed by atoms with Crippen molar-refractivity contribution in [2.45, 2.75) is 39.2 Å². The van der Waals surface area contributed by atoms with E-state index in [4.69, 9.17) is 4.52 Å². The van der Waals surface area contributed by atoms with E-state index in [9.17, 15) is 4.79 Å². The molecule has 7 nitrogen and oxygen atoms in total. The molecule has 0 spiro atoms. The molecule has 1 fully saturated rings. The van der Waals surface area contributed by atoms with Gasteiger partial charge in [0.15, 0.2) is 5.76 Å². The molecule has 2 N–H and O–H groups in total. The Hall–Kier alpha value is -2.31. The van der Waals surface area contributed by atoms with Crippen LogP contribution in [0.4, 0.5) is 10.5 Å². The number of aromatic nitrogens is 3. The molecule has 2 amide bonds. The van der Waals surface area contributed by atoms with Crippen LogP contribution in [0.3, 0.4) is 0 Å². The molecule has 0 unspecified atom stereocenters. The maximum atomic E-state index is 12.2. The van der Waals surface area contributed by atoms with Crippen molar-refractivity contribution < 1.29 is 9.32 Å². The third kappa shape index (κ3) is 2.91. The Bertz CT molecular complexity index is 637. The number of carbonyl (C=O) groups is 1. The first-order chi connectivity index (χ1) is 10.0. The lowest BCUT2D eigenvalue weighted by Gasteiger charge is -2.16. The molecule has 1 aliphatic rings. The van der Waals surface area contributed by atoms with Crippen LogP contribution in [-0.4, -0.2) is 33.3 Å². The zero-order chi connectivity index (χ0) is 15.0. The van der Waals surface area contributed by atoms with E-state index in [1.807, 2.05) is 6.07 Å². The number of H-pyrrole nitrogens is 1. The highest BCUT2D eigenvalue weighted by Gasteiger charge is 2.26. The molecule has 0 bridgehead atoms. The minimum atomic E-state index is -0.202. The van der Waals surface area contributed by atoms with E-state index in [0.29, 0.717) is 29.6 Å². The summed E-state index contributed by atoms with van der Waals surface area (Å²) in [6.07, 6.45) is 2.43. The van der Waals surface area contributed by atoms with Gasteiger partial charge in [-0.05, 0) is 32.8 Å². The maximum Gasteiger partial charge on any atom is 0.322 e. The van der Waals surface area contributed by atoms with Gasteiger partial charge < -0.3 is 14.7 Å². The fourth-order valence-corrected chi connectivity index (χ4v) is 2.24. The molecular formula is C14H19N5O2. The van der Waals surface area contributed by atoms with E-state index in [1.54, 1.807) is 25.8 Å². The average Bonchev–Trinajstić information content (AvgIpc) is 3.14. The van der Waals surface area contributed by atoms with Gasteiger partial charge in [-0.1, -0.05) is 5.16 Å². The SMILES string of the molecule is Cc1noc(C)c1NC(=O)N(C)Cc1cc(C2CC2)n[nH]1. The molecule has 1 aliphatic carbocycles. The number of nitrogens with one attached hydrogen (secondary N) is 2. The summed E-state index contributed by atoms with van der Waals surface area (Å²) < 4.78 is 5.03. The summed E-state index contributed by atoms with van der Waals surface area (Å²) in [5.41, 5.74) is 3.35. The highest BCUT2D eigenvalue weighted by molar-refractivity contribution is 5.90. The Morgan fingerprint density at radius 3 is 2.90 bits per heavy atom. The first-order valence-corrected chi connectivity index (χ1v) is 7.03. The number of anilines is 1. The van der Waals surface area contributed by atoms with Gasteiger partial charge in [0.05, 0.1) is 17.9 Å². The standard InChI is InChI=1S/C14H19N5O2/c1-8-13(9(2)21-18-8)15-14(20)19(3)7-11-6-12(17-16-11)10-4-5-10/h6,10H,4-5,7H2,1-3H3,(H,15,20)(H,16,17). The normalized spacial score (nSPS) is 14.2. The lowest BCUT2D eigenvalue weighted by Crippen LogP contribution is -2.31. The Balaban J connectivity index is 1.61. The summed E-state index contributed by atoms with van der Waals surface area (Å²) >= 11 is 0. The van der Waals surface area contributed by atoms with Crippen LogP contribution < -0.4 is 5.32 Å². The van der Waals surface area contributed by atoms with Crippen molar-refractivity contribution in [1.29, 1.82) is 0 Å². The van der Waals surface area contributed by atoms with E-state index in [1.165, 1.54) is 12.8 Å². The smallest absolute Gasteiger partial charge is 0.322 e. The van der Waals surface area contributed by atoms with E-state index in [0.717, 1.165) is 11.4 Å². The molecule has 21 heavy (non-hydrogen) atoms. The summed E-state index contributed by atoms with van der Waals surface area (Å²) in [7, 11) is 1.74. The molecule has 2 heterocycles. The Kier molecular flexibility index (Phi) is 3.40. The Labute approximate surface area is 122 Å². The van der Waals surface area contributed by atoms with Crippen molar-refractivity contribution in [3.8, 4) is 0 Å². The van der Waals surface area contributed by atoms with Crippen LogP contribution in [0.15, 0.2) is 10.6 Å². The van der Waals surface area contributed by atoms with Gasteiger partial charge in [0.25, 0.3) is 0 Å². The summed E-state index contributed by atoms with van der Waals surface area (Å²) in [6, 6.07) is 1.84. The van der Waals surface area contributed by atoms with Crippen molar-refractivity contribution in [1.82, 2.24) is 20.3 Å². The summed E-state index contributed by atoms with van der Waals surface area (Å²) in [6.45, 7) is 4.05. The number of rotatable bonds is 4. The predicted octanol–water partition coefficient (Wildman–Crippen LogP) is 2.56. The van der Waals surface area contributed by atoms with E-state index in [2.05, 4.69) is 20.7 Å². The topological polar surface area (TPSA) is 87.1 Å². The zero-order valence-corrected chi connectivity index (χ0v) is 12.4. The molecule has 0 aromatic carbocycles. The number of urea groups is 1. The number of hydrogen-bond donors (Lipinski definition) is 2. The number of hydrogen-bond acceptors (Lipinski definition) is 4. The van der Waals surface area contributed by atoms with E-state index >= 15 is 0 Å². The Morgan fingerprint density at radius 2 is 2.29 bits per heavy atom. The molecule has 0 aliphatic heterocycles. The third-order valence-electron chi connectivity index (χ3n) is 3.67. The highest BCUT2D eigenvalue weighted by Crippen LogP contribution is 2.39. The minimum Gasteiger partial charge on any atom is -0.359 e. The first kappa shape index (κ1) is 13.7. The largest absolute Gasteiger partial charge is 0.359 e. The maximum absolute atomic E-state index is 12.2. The monoisotopic (exact) mass is 289 g/mol. The van der Waals surface area contributed by atoms with Crippen LogP contribution in [-0.2, 0) is 6.54 Å². The zero-order valence-electron chi connectivity index (χ0n) is 12.4. The molecule has 0 atom stereocenters. The molecule has 2 aromatic heterocycles. The number of aryl methyl sites for hydroxylation is 2. The van der Waals surface area contributed by atoms with Gasteiger partial charge in [-0.3, -0.25) is 5.10 Å². The summed E-state index contributed by atoms with van der Waals surface area (Å²) in [5, 5.41) is 13.9. The van der Waals surface area contributed by atoms with Gasteiger partial charge in [-0.2, -0.15) is 5.10 Å². The molecule has 0 saturated heterocycles. The number of amides is 2. The molecule has 7 heteroatoms. The summed E-state index contributed by atoms with van der Waals surface area (Å²) in [5.74, 6) is 1.21. The molecule has 3 rings (SSSR count). The van der Waals surface area contributed by atoms with Crippen molar-refractivity contribution in [2.75, 3.05) is 12.4 Å².